The number of carbonyl (C=O) groups is 1. The van der Waals surface area contributed by atoms with E-state index in [-0.39, 0.29) is 28.2 Å². The van der Waals surface area contributed by atoms with E-state index in [0.29, 0.717) is 47.4 Å². The zero-order valence-corrected chi connectivity index (χ0v) is 23.0. The summed E-state index contributed by atoms with van der Waals surface area (Å²) in [5.41, 5.74) is 0.603. The van der Waals surface area contributed by atoms with Gasteiger partial charge in [0.05, 0.1) is 11.8 Å². The number of anilines is 1. The Bertz CT molecular complexity index is 1600. The van der Waals surface area contributed by atoms with Crippen molar-refractivity contribution >= 4 is 45.9 Å². The highest BCUT2D eigenvalue weighted by Crippen LogP contribution is 2.57. The first kappa shape index (κ1) is 28.3. The molecule has 4 aromatic rings. The van der Waals surface area contributed by atoms with Gasteiger partial charge >= 0.3 is 0 Å². The molecule has 1 saturated carbocycles. The van der Waals surface area contributed by atoms with Crippen LogP contribution in [0.2, 0.25) is 10.0 Å². The predicted octanol–water partition coefficient (Wildman–Crippen LogP) is 6.66. The van der Waals surface area contributed by atoms with Crippen molar-refractivity contribution in [3.05, 3.63) is 98.5 Å². The van der Waals surface area contributed by atoms with Gasteiger partial charge in [0.25, 0.3) is 5.89 Å². The molecule has 0 bridgehead atoms. The molecule has 2 atom stereocenters. The van der Waals surface area contributed by atoms with Crippen molar-refractivity contribution in [1.82, 2.24) is 10.1 Å². The van der Waals surface area contributed by atoms with E-state index in [1.54, 1.807) is 31.2 Å². The van der Waals surface area contributed by atoms with Gasteiger partial charge < -0.3 is 14.4 Å². The minimum Gasteiger partial charge on any atom is -0.772 e. The molecule has 2 unspecified atom stereocenters. The summed E-state index contributed by atoms with van der Waals surface area (Å²) in [5, 5.41) is 6.41. The third kappa shape index (κ3) is 5.51. The monoisotopic (exact) mass is 608 g/mol. The highest BCUT2D eigenvalue weighted by atomic mass is 35.5. The van der Waals surface area contributed by atoms with Crippen LogP contribution in [0.25, 0.3) is 11.5 Å². The van der Waals surface area contributed by atoms with E-state index < -0.39 is 50.7 Å². The average Bonchev–Trinajstić information content (AvgIpc) is 3.51. The molecule has 1 amide bonds. The van der Waals surface area contributed by atoms with E-state index in [0.717, 1.165) is 0 Å². The molecule has 0 aliphatic heterocycles. The zero-order chi connectivity index (χ0) is 28.8. The number of benzene rings is 3. The molecule has 7 nitrogen and oxygen atoms in total. The van der Waals surface area contributed by atoms with Gasteiger partial charge in [-0.05, 0) is 54.1 Å². The van der Waals surface area contributed by atoms with Crippen LogP contribution in [-0.2, 0) is 27.7 Å². The molecule has 0 radical (unpaired) electrons. The van der Waals surface area contributed by atoms with Gasteiger partial charge in [0, 0.05) is 38.7 Å². The lowest BCUT2D eigenvalue weighted by Gasteiger charge is -2.17. The van der Waals surface area contributed by atoms with Crippen molar-refractivity contribution in [2.45, 2.75) is 36.9 Å². The van der Waals surface area contributed by atoms with Crippen LogP contribution in [0, 0.1) is 17.5 Å². The molecule has 1 aliphatic carbocycles. The first-order valence-electron chi connectivity index (χ1n) is 11.9. The van der Waals surface area contributed by atoms with Gasteiger partial charge in [0.15, 0.2) is 5.82 Å². The number of rotatable bonds is 8. The van der Waals surface area contributed by atoms with Gasteiger partial charge in [-0.1, -0.05) is 52.6 Å². The van der Waals surface area contributed by atoms with Gasteiger partial charge in [-0.15, -0.1) is 0 Å². The van der Waals surface area contributed by atoms with Gasteiger partial charge in [-0.2, -0.15) is 4.98 Å². The molecule has 5 rings (SSSR count). The Morgan fingerprint density at radius 3 is 2.25 bits per heavy atom. The van der Waals surface area contributed by atoms with E-state index in [1.165, 1.54) is 12.1 Å². The first-order chi connectivity index (χ1) is 19.0. The Morgan fingerprint density at radius 2 is 1.70 bits per heavy atom. The van der Waals surface area contributed by atoms with Crippen LogP contribution < -0.4 is 5.32 Å². The summed E-state index contributed by atoms with van der Waals surface area (Å²) >= 11 is 10.9. The van der Waals surface area contributed by atoms with Crippen molar-refractivity contribution < 1.29 is 31.3 Å². The van der Waals surface area contributed by atoms with E-state index in [4.69, 9.17) is 27.7 Å². The molecule has 1 heterocycles. The summed E-state index contributed by atoms with van der Waals surface area (Å²) < 4.78 is 69.2. The Balaban J connectivity index is 1.33. The Morgan fingerprint density at radius 1 is 1.10 bits per heavy atom. The third-order valence-electron chi connectivity index (χ3n) is 6.73. The summed E-state index contributed by atoms with van der Waals surface area (Å²) in [4.78, 5) is 16.8. The second-order valence-corrected chi connectivity index (χ2v) is 11.5. The molecule has 3 aromatic carbocycles. The van der Waals surface area contributed by atoms with Crippen molar-refractivity contribution in [3.8, 4) is 11.5 Å². The number of amides is 1. The number of hydrogen-bond acceptors (Lipinski definition) is 6. The molecule has 1 fully saturated rings. The highest BCUT2D eigenvalue weighted by molar-refractivity contribution is 7.79. The molecule has 1 N–H and O–H groups in total. The fraction of sp³-hybridized carbons (Fsp3) is 0.222. The largest absolute Gasteiger partial charge is 0.772 e. The van der Waals surface area contributed by atoms with Crippen molar-refractivity contribution in [2.24, 2.45) is 0 Å². The van der Waals surface area contributed by atoms with E-state index in [9.17, 15) is 26.7 Å². The molecule has 40 heavy (non-hydrogen) atoms. The summed E-state index contributed by atoms with van der Waals surface area (Å²) in [5.74, 6) is -4.12. The van der Waals surface area contributed by atoms with Crippen molar-refractivity contribution in [1.29, 1.82) is 0 Å². The van der Waals surface area contributed by atoms with Crippen molar-refractivity contribution in [2.75, 3.05) is 5.32 Å². The fourth-order valence-electron chi connectivity index (χ4n) is 4.49. The topological polar surface area (TPSA) is 108 Å². The fourth-order valence-corrected chi connectivity index (χ4v) is 5.72. The highest BCUT2D eigenvalue weighted by Gasteiger charge is 2.52. The maximum Gasteiger partial charge on any atom is 0.263 e. The molecular weight excluding hydrogens is 590 g/mol. The van der Waals surface area contributed by atoms with Gasteiger partial charge in [-0.25, -0.2) is 13.2 Å². The van der Waals surface area contributed by atoms with Crippen LogP contribution in [0.15, 0.2) is 53.1 Å². The predicted molar refractivity (Wildman–Crippen MR) is 142 cm³/mol. The maximum absolute atomic E-state index is 14.2. The minimum atomic E-state index is -2.25. The van der Waals surface area contributed by atoms with Crippen LogP contribution >= 0.6 is 23.2 Å². The standard InChI is InChI=1S/C27H20Cl2F3N3O4S/c1-13(40(37)38)15-4-2-14(3-5-15)8-22(36)33-17-11-18(28)24(19(29)12-17)27(6-7-27)26-34-25(39-35-26)23-20(31)9-16(30)10-21(23)32/h2-5,9-13H,6-8H2,1H3,(H,33,36)(H,37,38)/p-1. The van der Waals surface area contributed by atoms with Crippen LogP contribution in [0.1, 0.15) is 47.5 Å². The van der Waals surface area contributed by atoms with Gasteiger partial charge in [-0.3, -0.25) is 9.00 Å². The molecule has 208 valence electrons. The van der Waals surface area contributed by atoms with E-state index in [2.05, 4.69) is 15.5 Å². The summed E-state index contributed by atoms with van der Waals surface area (Å²) in [7, 11) is 0. The van der Waals surface area contributed by atoms with E-state index >= 15 is 0 Å². The SMILES string of the molecule is CC(c1ccc(CC(=O)Nc2cc(Cl)c(C3(c4noc(-c5c(F)cc(F)cc5F)n4)CC3)c(Cl)c2)cc1)S(=O)[O-]. The van der Waals surface area contributed by atoms with Crippen molar-refractivity contribution in [3.63, 3.8) is 0 Å². The first-order valence-corrected chi connectivity index (χ1v) is 13.8. The smallest absolute Gasteiger partial charge is 0.263 e. The Kier molecular flexibility index (Phi) is 7.75. The third-order valence-corrected chi connectivity index (χ3v) is 8.18. The number of halogens is 5. The lowest BCUT2D eigenvalue weighted by atomic mass is 9.94. The van der Waals surface area contributed by atoms with Gasteiger partial charge in [0.2, 0.25) is 5.91 Å². The van der Waals surface area contributed by atoms with Crippen LogP contribution in [0.5, 0.6) is 0 Å². The summed E-state index contributed by atoms with van der Waals surface area (Å²) in [6, 6.07) is 10.8. The second kappa shape index (κ2) is 11.0. The van der Waals surface area contributed by atoms with Gasteiger partial charge in [0.1, 0.15) is 23.0 Å². The lowest BCUT2D eigenvalue weighted by Crippen LogP contribution is -2.16. The minimum absolute atomic E-state index is 0.0260. The molecule has 0 saturated heterocycles. The summed E-state index contributed by atoms with van der Waals surface area (Å²) in [6.45, 7) is 1.57. The lowest BCUT2D eigenvalue weighted by molar-refractivity contribution is -0.115. The number of carbonyl (C=O) groups excluding carboxylic acids is 1. The number of hydrogen-bond donors (Lipinski definition) is 1. The molecule has 1 aliphatic rings. The number of nitrogens with zero attached hydrogens (tertiary/aromatic N) is 2. The molecular formula is C27H19Cl2F3N3O4S-. The van der Waals surface area contributed by atoms with E-state index in [1.807, 2.05) is 0 Å². The second-order valence-electron chi connectivity index (χ2n) is 9.43. The average molecular weight is 609 g/mol. The quantitative estimate of drug-likeness (QED) is 0.224. The van der Waals surface area contributed by atoms with Crippen LogP contribution in [0.3, 0.4) is 0 Å². The number of aromatic nitrogens is 2. The normalized spacial score (nSPS) is 15.5. The Hall–Kier alpha value is -3.25. The molecule has 1 aromatic heterocycles. The molecule has 0 spiro atoms. The Labute approximate surface area is 239 Å². The number of nitrogens with one attached hydrogen (secondary N) is 1. The van der Waals surface area contributed by atoms with Crippen LogP contribution in [0.4, 0.5) is 18.9 Å². The van der Waals surface area contributed by atoms with Crippen LogP contribution in [-0.4, -0.2) is 24.8 Å². The summed E-state index contributed by atoms with van der Waals surface area (Å²) in [6.07, 6.45) is 1.08. The maximum atomic E-state index is 14.2. The molecule has 13 heteroatoms. The zero-order valence-electron chi connectivity index (χ0n) is 20.6.